The van der Waals surface area contributed by atoms with E-state index in [1.165, 1.54) is 11.3 Å². The molecule has 4 rings (SSSR count). The molecule has 0 bridgehead atoms. The van der Waals surface area contributed by atoms with Crippen LogP contribution in [0.15, 0.2) is 29.1 Å². The molecule has 1 aromatic carbocycles. The van der Waals surface area contributed by atoms with Gasteiger partial charge in [0.15, 0.2) is 0 Å². The molecule has 3 heterocycles. The van der Waals surface area contributed by atoms with E-state index in [0.717, 1.165) is 26.8 Å². The van der Waals surface area contributed by atoms with E-state index in [2.05, 4.69) is 4.98 Å². The van der Waals surface area contributed by atoms with Crippen molar-refractivity contribution in [3.8, 4) is 5.69 Å². The van der Waals surface area contributed by atoms with Gasteiger partial charge in [-0.1, -0.05) is 29.5 Å². The zero-order chi connectivity index (χ0) is 13.9. The number of pyridine rings is 1. The standard InChI is InChI=1S/C15H9N2O2S.U/c1-8-16-13-14(19)10(7-18)12-6-9-4-2-3-5-11(9)17(12)15(13)20-8;/h2-5H,6H2,1H3;/q-1;. The minimum absolute atomic E-state index is 0. The topological polar surface area (TPSA) is 52.0 Å². The van der Waals surface area contributed by atoms with E-state index >= 15 is 0 Å². The summed E-state index contributed by atoms with van der Waals surface area (Å²) in [6.07, 6.45) is 2.40. The maximum atomic E-state index is 12.4. The van der Waals surface area contributed by atoms with Crippen molar-refractivity contribution < 1.29 is 35.9 Å². The van der Waals surface area contributed by atoms with Gasteiger partial charge in [0, 0.05) is 36.8 Å². The molecule has 102 valence electrons. The van der Waals surface area contributed by atoms with Gasteiger partial charge < -0.3 is 14.2 Å². The van der Waals surface area contributed by atoms with Crippen molar-refractivity contribution in [2.75, 3.05) is 0 Å². The van der Waals surface area contributed by atoms with Crippen LogP contribution in [0.5, 0.6) is 0 Å². The minimum Gasteiger partial charge on any atom is -0.376 e. The molecule has 0 saturated heterocycles. The zero-order valence-corrected chi connectivity index (χ0v) is 16.1. The molecule has 3 aromatic rings. The Morgan fingerprint density at radius 1 is 1.33 bits per heavy atom. The first kappa shape index (κ1) is 14.7. The van der Waals surface area contributed by atoms with Gasteiger partial charge in [-0.05, 0) is 25.0 Å². The van der Waals surface area contributed by atoms with Crippen LogP contribution < -0.4 is 5.43 Å². The molecule has 0 amide bonds. The average Bonchev–Trinajstić information content (AvgIpc) is 2.99. The normalized spacial score (nSPS) is 11.9. The molecule has 2 aromatic heterocycles. The summed E-state index contributed by atoms with van der Waals surface area (Å²) in [6, 6.07) is 7.93. The fourth-order valence-corrected chi connectivity index (χ4v) is 3.74. The third-order valence-corrected chi connectivity index (χ3v) is 4.57. The average molecular weight is 519 g/mol. The number of carbonyl (C=O) groups excluding carboxylic acids is 1. The summed E-state index contributed by atoms with van der Waals surface area (Å²) < 4.78 is 1.98. The maximum absolute atomic E-state index is 12.4. The number of para-hydroxylation sites is 1. The molecule has 0 atom stereocenters. The van der Waals surface area contributed by atoms with Crippen LogP contribution in [0.1, 0.15) is 21.8 Å². The van der Waals surface area contributed by atoms with E-state index in [1.54, 1.807) is 0 Å². The SMILES string of the molecule is Cc1nc2c(=O)c([C-]=O)c3n(c2s1)-c1ccccc1C3.[U]. The predicted molar refractivity (Wildman–Crippen MR) is 77.6 cm³/mol. The van der Waals surface area contributed by atoms with Gasteiger partial charge >= 0.3 is 0 Å². The molecule has 0 saturated carbocycles. The van der Waals surface area contributed by atoms with Crippen molar-refractivity contribution in [3.05, 3.63) is 56.3 Å². The molecular formula is C15H9N2O2SU-. The summed E-state index contributed by atoms with van der Waals surface area (Å²) in [6.45, 7) is 1.86. The summed E-state index contributed by atoms with van der Waals surface area (Å²) >= 11 is 1.48. The maximum Gasteiger partial charge on any atom is 0.108 e. The molecule has 0 spiro atoms. The molecule has 6 heteroatoms. The van der Waals surface area contributed by atoms with Crippen LogP contribution in [0.25, 0.3) is 16.0 Å². The van der Waals surface area contributed by atoms with Crippen molar-refractivity contribution in [1.82, 2.24) is 9.55 Å². The molecule has 0 aliphatic carbocycles. The first-order valence-corrected chi connectivity index (χ1v) is 7.04. The van der Waals surface area contributed by atoms with E-state index in [4.69, 9.17) is 0 Å². The number of thiazole rings is 1. The molecule has 1 aliphatic rings. The van der Waals surface area contributed by atoms with Gasteiger partial charge in [-0.3, -0.25) is 0 Å². The quantitative estimate of drug-likeness (QED) is 0.363. The molecule has 0 N–H and O–H groups in total. The Labute approximate surface area is 148 Å². The number of fused-ring (bicyclic) bond motifs is 5. The van der Waals surface area contributed by atoms with Crippen molar-refractivity contribution in [2.45, 2.75) is 13.3 Å². The second kappa shape index (κ2) is 5.20. The van der Waals surface area contributed by atoms with E-state index in [0.29, 0.717) is 11.9 Å². The van der Waals surface area contributed by atoms with E-state index in [-0.39, 0.29) is 42.1 Å². The Bertz CT molecular complexity index is 943. The number of hydrogen-bond acceptors (Lipinski definition) is 4. The molecular weight excluding hydrogens is 510 g/mol. The largest absolute Gasteiger partial charge is 0.376 e. The van der Waals surface area contributed by atoms with Crippen molar-refractivity contribution >= 4 is 28.0 Å². The molecule has 0 radical (unpaired) electrons. The first-order chi connectivity index (χ1) is 9.70. The van der Waals surface area contributed by atoms with E-state index in [1.807, 2.05) is 42.0 Å². The predicted octanol–water partition coefficient (Wildman–Crippen LogP) is 2.12. The second-order valence-corrected chi connectivity index (χ2v) is 5.96. The third-order valence-electron chi connectivity index (χ3n) is 3.61. The Morgan fingerprint density at radius 3 is 2.86 bits per heavy atom. The monoisotopic (exact) mass is 519 g/mol. The van der Waals surface area contributed by atoms with Gasteiger partial charge in [0.05, 0.1) is 16.8 Å². The Kier molecular flexibility index (Phi) is 3.64. The molecule has 0 unspecified atom stereocenters. The zero-order valence-electron chi connectivity index (χ0n) is 11.1. The number of aromatic nitrogens is 2. The van der Waals surface area contributed by atoms with Crippen molar-refractivity contribution in [1.29, 1.82) is 0 Å². The Hall–Kier alpha value is -1.22. The van der Waals surface area contributed by atoms with E-state index < -0.39 is 0 Å². The number of hydrogen-bond donors (Lipinski definition) is 0. The number of rotatable bonds is 1. The Morgan fingerprint density at radius 2 is 2.10 bits per heavy atom. The van der Waals surface area contributed by atoms with Gasteiger partial charge in [-0.25, -0.2) is 4.98 Å². The van der Waals surface area contributed by atoms with Gasteiger partial charge in [-0.2, -0.15) is 0 Å². The fourth-order valence-electron chi connectivity index (χ4n) is 2.79. The second-order valence-electron chi connectivity index (χ2n) is 4.78. The summed E-state index contributed by atoms with van der Waals surface area (Å²) in [4.78, 5) is 28.7. The van der Waals surface area contributed by atoms with Crippen LogP contribution in [0.2, 0.25) is 0 Å². The fraction of sp³-hybridized carbons (Fsp3) is 0.133. The van der Waals surface area contributed by atoms with Gasteiger partial charge in [0.1, 0.15) is 10.3 Å². The van der Waals surface area contributed by atoms with Crippen LogP contribution in [0.3, 0.4) is 0 Å². The van der Waals surface area contributed by atoms with Crippen LogP contribution in [-0.2, 0) is 11.2 Å². The first-order valence-electron chi connectivity index (χ1n) is 6.22. The van der Waals surface area contributed by atoms with Crippen molar-refractivity contribution in [2.24, 2.45) is 0 Å². The van der Waals surface area contributed by atoms with Gasteiger partial charge in [0.2, 0.25) is 0 Å². The van der Waals surface area contributed by atoms with E-state index in [9.17, 15) is 9.59 Å². The summed E-state index contributed by atoms with van der Waals surface area (Å²) in [7, 11) is 0. The smallest absolute Gasteiger partial charge is 0.108 e. The summed E-state index contributed by atoms with van der Waals surface area (Å²) in [5, 5.41) is 0.819. The van der Waals surface area contributed by atoms with Crippen LogP contribution >= 0.6 is 11.3 Å². The van der Waals surface area contributed by atoms with Crippen molar-refractivity contribution in [3.63, 3.8) is 0 Å². The molecule has 1 aliphatic heterocycles. The number of nitrogens with zero attached hydrogens (tertiary/aromatic N) is 2. The molecule has 4 nitrogen and oxygen atoms in total. The van der Waals surface area contributed by atoms with Gasteiger partial charge in [-0.15, -0.1) is 11.3 Å². The van der Waals surface area contributed by atoms with Gasteiger partial charge in [0.25, 0.3) is 0 Å². The van der Waals surface area contributed by atoms with Crippen LogP contribution in [0.4, 0.5) is 0 Å². The minimum atomic E-state index is -0.307. The van der Waals surface area contributed by atoms with Crippen LogP contribution in [0, 0.1) is 38.0 Å². The molecule has 0 fully saturated rings. The molecule has 21 heavy (non-hydrogen) atoms. The number of benzene rings is 1. The summed E-state index contributed by atoms with van der Waals surface area (Å²) in [5.74, 6) is 0. The Balaban J connectivity index is 0.00000132. The van der Waals surface area contributed by atoms with Crippen LogP contribution in [-0.4, -0.2) is 15.8 Å². The summed E-state index contributed by atoms with van der Waals surface area (Å²) in [5.41, 5.74) is 3.03. The third kappa shape index (κ3) is 1.97. The number of aryl methyl sites for hydroxylation is 1.